The number of hydrogen-bond acceptors (Lipinski definition) is 5. The number of carboxylic acid groups (broad SMARTS) is 1. The first-order chi connectivity index (χ1) is 13.0. The Morgan fingerprint density at radius 2 is 2.00 bits per heavy atom. The molecule has 0 amide bonds. The van der Waals surface area contributed by atoms with Gasteiger partial charge in [-0.25, -0.2) is 0 Å². The predicted octanol–water partition coefficient (Wildman–Crippen LogP) is 5.19. The molecular weight excluding hydrogens is 405 g/mol. The molecule has 11 heteroatoms. The molecule has 150 valence electrons. The SMILES string of the molecule is CC(CNc1cc(Oc2ccc(C(F)(F)F)cc2Cl)ccc1[N+](=O)[O-])C(=O)O. The van der Waals surface area contributed by atoms with Crippen LogP contribution in [0.15, 0.2) is 36.4 Å². The largest absolute Gasteiger partial charge is 0.481 e. The number of anilines is 1. The molecule has 2 aromatic rings. The fourth-order valence-corrected chi connectivity index (χ4v) is 2.34. The van der Waals surface area contributed by atoms with Gasteiger partial charge < -0.3 is 15.2 Å². The van der Waals surface area contributed by atoms with Gasteiger partial charge in [-0.15, -0.1) is 0 Å². The van der Waals surface area contributed by atoms with Gasteiger partial charge in [0.25, 0.3) is 5.69 Å². The van der Waals surface area contributed by atoms with Crippen LogP contribution in [-0.4, -0.2) is 22.5 Å². The van der Waals surface area contributed by atoms with E-state index in [2.05, 4.69) is 5.32 Å². The van der Waals surface area contributed by atoms with Crippen LogP contribution < -0.4 is 10.1 Å². The minimum absolute atomic E-state index is 0.00126. The molecule has 0 aliphatic heterocycles. The fraction of sp³-hybridized carbons (Fsp3) is 0.235. The summed E-state index contributed by atoms with van der Waals surface area (Å²) in [6, 6.07) is 6.14. The second kappa shape index (κ2) is 8.34. The molecule has 0 saturated carbocycles. The van der Waals surface area contributed by atoms with E-state index in [-0.39, 0.29) is 34.4 Å². The molecule has 2 N–H and O–H groups in total. The summed E-state index contributed by atoms with van der Waals surface area (Å²) in [4.78, 5) is 21.4. The molecule has 2 rings (SSSR count). The number of hydrogen-bond donors (Lipinski definition) is 2. The summed E-state index contributed by atoms with van der Waals surface area (Å²) < 4.78 is 43.5. The van der Waals surface area contributed by atoms with Gasteiger partial charge in [-0.2, -0.15) is 13.2 Å². The van der Waals surface area contributed by atoms with Gasteiger partial charge in [0, 0.05) is 18.7 Å². The van der Waals surface area contributed by atoms with E-state index < -0.39 is 28.6 Å². The van der Waals surface area contributed by atoms with Crippen LogP contribution >= 0.6 is 11.6 Å². The Morgan fingerprint density at radius 1 is 1.32 bits per heavy atom. The molecule has 1 unspecified atom stereocenters. The van der Waals surface area contributed by atoms with Gasteiger partial charge in [0.1, 0.15) is 17.2 Å². The van der Waals surface area contributed by atoms with Crippen LogP contribution in [0.2, 0.25) is 5.02 Å². The smallest absolute Gasteiger partial charge is 0.416 e. The quantitative estimate of drug-likeness (QED) is 0.474. The van der Waals surface area contributed by atoms with Crippen LogP contribution in [0.25, 0.3) is 0 Å². The number of carbonyl (C=O) groups is 1. The molecule has 28 heavy (non-hydrogen) atoms. The zero-order valence-electron chi connectivity index (χ0n) is 14.3. The topological polar surface area (TPSA) is 102 Å². The summed E-state index contributed by atoms with van der Waals surface area (Å²) in [6.45, 7) is 1.34. The van der Waals surface area contributed by atoms with Crippen LogP contribution in [0, 0.1) is 16.0 Å². The van der Waals surface area contributed by atoms with Gasteiger partial charge >= 0.3 is 12.1 Å². The highest BCUT2D eigenvalue weighted by molar-refractivity contribution is 6.32. The first-order valence-electron chi connectivity index (χ1n) is 7.78. The van der Waals surface area contributed by atoms with Crippen molar-refractivity contribution >= 4 is 28.9 Å². The molecule has 1 atom stereocenters. The number of nitro groups is 1. The van der Waals surface area contributed by atoms with Crippen LogP contribution in [0.4, 0.5) is 24.5 Å². The number of nitro benzene ring substituents is 1. The lowest BCUT2D eigenvalue weighted by Crippen LogP contribution is -2.20. The Bertz CT molecular complexity index is 905. The van der Waals surface area contributed by atoms with Gasteiger partial charge in [0.2, 0.25) is 0 Å². The molecule has 0 aromatic heterocycles. The Kier molecular flexibility index (Phi) is 6.34. The second-order valence-corrected chi connectivity index (χ2v) is 6.21. The van der Waals surface area contributed by atoms with Crippen LogP contribution in [-0.2, 0) is 11.0 Å². The molecule has 0 spiro atoms. The normalized spacial score (nSPS) is 12.3. The van der Waals surface area contributed by atoms with Crippen molar-refractivity contribution in [3.05, 3.63) is 57.1 Å². The molecule has 0 bridgehead atoms. The van der Waals surface area contributed by atoms with Gasteiger partial charge in [-0.3, -0.25) is 14.9 Å². The lowest BCUT2D eigenvalue weighted by molar-refractivity contribution is -0.384. The molecule has 7 nitrogen and oxygen atoms in total. The number of nitrogens with one attached hydrogen (secondary N) is 1. The Balaban J connectivity index is 2.28. The van der Waals surface area contributed by atoms with Gasteiger partial charge in [-0.05, 0) is 24.3 Å². The van der Waals surface area contributed by atoms with Crippen LogP contribution in [0.3, 0.4) is 0 Å². The molecule has 2 aromatic carbocycles. The summed E-state index contributed by atoms with van der Waals surface area (Å²) in [6.07, 6.45) is -4.56. The summed E-state index contributed by atoms with van der Waals surface area (Å²) in [7, 11) is 0. The van der Waals surface area contributed by atoms with Gasteiger partial charge in [0.15, 0.2) is 0 Å². The molecule has 0 aliphatic carbocycles. The molecule has 0 radical (unpaired) electrons. The van der Waals surface area contributed by atoms with Crippen molar-refractivity contribution in [3.8, 4) is 11.5 Å². The minimum Gasteiger partial charge on any atom is -0.481 e. The average molecular weight is 419 g/mol. The standard InChI is InChI=1S/C17H14ClF3N2O5/c1-9(16(24)25)8-22-13-7-11(3-4-14(13)23(26)27)28-15-5-2-10(6-12(15)18)17(19,20)21/h2-7,9,22H,8H2,1H3,(H,24,25). The number of halogens is 4. The number of alkyl halides is 3. The van der Waals surface area contributed by atoms with E-state index in [1.807, 2.05) is 0 Å². The van der Waals surface area contributed by atoms with E-state index in [1.54, 1.807) is 0 Å². The van der Waals surface area contributed by atoms with E-state index >= 15 is 0 Å². The molecule has 0 fully saturated rings. The first kappa shape index (κ1) is 21.3. The average Bonchev–Trinajstić information content (AvgIpc) is 2.60. The lowest BCUT2D eigenvalue weighted by atomic mass is 10.1. The number of benzene rings is 2. The van der Waals surface area contributed by atoms with Crippen molar-refractivity contribution in [1.82, 2.24) is 0 Å². The van der Waals surface area contributed by atoms with E-state index in [9.17, 15) is 28.1 Å². The number of nitrogens with zero attached hydrogens (tertiary/aromatic N) is 1. The molecule has 0 heterocycles. The highest BCUT2D eigenvalue weighted by atomic mass is 35.5. The third-order valence-corrected chi connectivity index (χ3v) is 3.97. The first-order valence-corrected chi connectivity index (χ1v) is 8.16. The fourth-order valence-electron chi connectivity index (χ4n) is 2.12. The van der Waals surface area contributed by atoms with E-state index in [4.69, 9.17) is 21.4 Å². The number of rotatable bonds is 7. The maximum absolute atomic E-state index is 12.7. The number of aliphatic carboxylic acids is 1. The van der Waals surface area contributed by atoms with Crippen molar-refractivity contribution in [2.45, 2.75) is 13.1 Å². The van der Waals surface area contributed by atoms with Crippen molar-refractivity contribution in [2.75, 3.05) is 11.9 Å². The van der Waals surface area contributed by atoms with Crippen LogP contribution in [0.5, 0.6) is 11.5 Å². The Hall–Kier alpha value is -3.01. The van der Waals surface area contributed by atoms with Crippen molar-refractivity contribution in [3.63, 3.8) is 0 Å². The van der Waals surface area contributed by atoms with Gasteiger partial charge in [0.05, 0.1) is 21.4 Å². The number of carboxylic acids is 1. The zero-order chi connectivity index (χ0) is 21.1. The number of ether oxygens (including phenoxy) is 1. The van der Waals surface area contributed by atoms with Crippen molar-refractivity contribution in [2.24, 2.45) is 5.92 Å². The third-order valence-electron chi connectivity index (χ3n) is 3.67. The summed E-state index contributed by atoms with van der Waals surface area (Å²) >= 11 is 5.83. The predicted molar refractivity (Wildman–Crippen MR) is 94.9 cm³/mol. The van der Waals surface area contributed by atoms with Crippen molar-refractivity contribution in [1.29, 1.82) is 0 Å². The molecule has 0 aliphatic rings. The van der Waals surface area contributed by atoms with Crippen molar-refractivity contribution < 1.29 is 32.7 Å². The second-order valence-electron chi connectivity index (χ2n) is 5.80. The minimum atomic E-state index is -4.56. The monoisotopic (exact) mass is 418 g/mol. The summed E-state index contributed by atoms with van der Waals surface area (Å²) in [5.41, 5.74) is -1.26. The van der Waals surface area contributed by atoms with E-state index in [1.165, 1.54) is 19.1 Å². The maximum atomic E-state index is 12.7. The van der Waals surface area contributed by atoms with E-state index in [0.717, 1.165) is 18.2 Å². The molecule has 0 saturated heterocycles. The maximum Gasteiger partial charge on any atom is 0.416 e. The lowest BCUT2D eigenvalue weighted by Gasteiger charge is -2.13. The highest BCUT2D eigenvalue weighted by Gasteiger charge is 2.31. The third kappa shape index (κ3) is 5.26. The Morgan fingerprint density at radius 3 is 2.54 bits per heavy atom. The highest BCUT2D eigenvalue weighted by Crippen LogP contribution is 2.38. The Labute approximate surface area is 161 Å². The van der Waals surface area contributed by atoms with Crippen LogP contribution in [0.1, 0.15) is 12.5 Å². The zero-order valence-corrected chi connectivity index (χ0v) is 15.0. The summed E-state index contributed by atoms with van der Waals surface area (Å²) in [5, 5.41) is 22.4. The summed E-state index contributed by atoms with van der Waals surface area (Å²) in [5.74, 6) is -1.90. The van der Waals surface area contributed by atoms with E-state index in [0.29, 0.717) is 6.07 Å². The van der Waals surface area contributed by atoms with Gasteiger partial charge in [-0.1, -0.05) is 18.5 Å². The molecular formula is C17H14ClF3N2O5.